The molecule has 0 spiro atoms. The third kappa shape index (κ3) is 0.624. The van der Waals surface area contributed by atoms with Crippen molar-refractivity contribution in [2.75, 3.05) is 0 Å². The maximum absolute atomic E-state index is 2.32. The molecule has 0 amide bonds. The lowest BCUT2D eigenvalue weighted by molar-refractivity contribution is 0.611. The van der Waals surface area contributed by atoms with Crippen molar-refractivity contribution in [2.45, 2.75) is 27.2 Å². The fourth-order valence-corrected chi connectivity index (χ4v) is 1.00. The molecule has 0 aliphatic heterocycles. The van der Waals surface area contributed by atoms with E-state index in [9.17, 15) is 0 Å². The predicted octanol–water partition coefficient (Wildman–Crippen LogP) is 2.26. The quantitative estimate of drug-likeness (QED) is 0.440. The first-order valence-corrected chi connectivity index (χ1v) is 2.99. The second-order valence-corrected chi connectivity index (χ2v) is 2.90. The molecule has 0 N–H and O–H groups in total. The van der Waals surface area contributed by atoms with Crippen molar-refractivity contribution in [2.24, 2.45) is 11.3 Å². The van der Waals surface area contributed by atoms with Gasteiger partial charge in [-0.25, -0.2) is 0 Å². The van der Waals surface area contributed by atoms with E-state index in [0.717, 1.165) is 5.92 Å². The zero-order valence-corrected chi connectivity index (χ0v) is 5.36. The molecule has 40 valence electrons. The van der Waals surface area contributed by atoms with Crippen molar-refractivity contribution in [1.82, 2.24) is 0 Å². The van der Waals surface area contributed by atoms with Gasteiger partial charge in [0.2, 0.25) is 0 Å². The van der Waals surface area contributed by atoms with Crippen LogP contribution in [0, 0.1) is 17.8 Å². The van der Waals surface area contributed by atoms with E-state index >= 15 is 0 Å². The summed E-state index contributed by atoms with van der Waals surface area (Å²) in [6.45, 7) is 6.78. The molecule has 0 aromatic rings. The molecule has 0 heterocycles. The topological polar surface area (TPSA) is 0 Å². The Labute approximate surface area is 45.9 Å². The molecular weight excluding hydrogens is 84.1 g/mol. The van der Waals surface area contributed by atoms with Crippen LogP contribution in [-0.4, -0.2) is 0 Å². The molecule has 0 heteroatoms. The minimum absolute atomic E-state index is 0.625. The zero-order chi connectivity index (χ0) is 5.49. The van der Waals surface area contributed by atoms with Crippen molar-refractivity contribution in [3.8, 4) is 0 Å². The molecule has 1 saturated carbocycles. The van der Waals surface area contributed by atoms with Crippen LogP contribution in [-0.2, 0) is 0 Å². The molecule has 2 unspecified atom stereocenters. The molecule has 1 aliphatic rings. The van der Waals surface area contributed by atoms with E-state index in [0.29, 0.717) is 5.41 Å². The monoisotopic (exact) mass is 97.1 g/mol. The lowest BCUT2D eigenvalue weighted by Gasteiger charge is -1.90. The van der Waals surface area contributed by atoms with E-state index in [4.69, 9.17) is 0 Å². The Morgan fingerprint density at radius 1 is 1.71 bits per heavy atom. The summed E-state index contributed by atoms with van der Waals surface area (Å²) < 4.78 is 0. The highest BCUT2D eigenvalue weighted by atomic mass is 14.5. The third-order valence-corrected chi connectivity index (χ3v) is 2.37. The van der Waals surface area contributed by atoms with Crippen LogP contribution in [0.1, 0.15) is 27.2 Å². The predicted molar refractivity (Wildman–Crippen MR) is 31.9 cm³/mol. The summed E-state index contributed by atoms with van der Waals surface area (Å²) in [5.41, 5.74) is 0.625. The van der Waals surface area contributed by atoms with Gasteiger partial charge in [-0.05, 0) is 6.92 Å². The van der Waals surface area contributed by atoms with E-state index in [1.165, 1.54) is 6.42 Å². The molecule has 0 radical (unpaired) electrons. The largest absolute Gasteiger partial charge is 0.108 e. The second-order valence-electron chi connectivity index (χ2n) is 2.90. The first-order valence-electron chi connectivity index (χ1n) is 2.99. The lowest BCUT2D eigenvalue weighted by Crippen LogP contribution is -1.91. The number of hydrogen-bond acceptors (Lipinski definition) is 0. The van der Waals surface area contributed by atoms with Gasteiger partial charge in [-0.1, -0.05) is 6.92 Å². The van der Waals surface area contributed by atoms with E-state index in [2.05, 4.69) is 27.2 Å². The Kier molecular flexibility index (Phi) is 0.844. The SMILES string of the molecule is C[CH+]C1(C)CC1C. The molecule has 0 aromatic heterocycles. The molecule has 7 heavy (non-hydrogen) atoms. The summed E-state index contributed by atoms with van der Waals surface area (Å²) in [5, 5.41) is 0. The van der Waals surface area contributed by atoms with Gasteiger partial charge in [-0.3, -0.25) is 0 Å². The maximum Gasteiger partial charge on any atom is 0.108 e. The smallest absolute Gasteiger partial charge is 0.0577 e. The molecule has 1 rings (SSSR count). The summed E-state index contributed by atoms with van der Waals surface area (Å²) in [4.78, 5) is 0. The molecule has 0 aromatic carbocycles. The van der Waals surface area contributed by atoms with Gasteiger partial charge in [0.25, 0.3) is 0 Å². The van der Waals surface area contributed by atoms with Crippen LogP contribution in [0.2, 0.25) is 0 Å². The molecular formula is C7H13+. The summed E-state index contributed by atoms with van der Waals surface area (Å²) >= 11 is 0. The normalized spacial score (nSPS) is 48.7. The van der Waals surface area contributed by atoms with E-state index in [1.807, 2.05) is 0 Å². The van der Waals surface area contributed by atoms with Crippen molar-refractivity contribution in [1.29, 1.82) is 0 Å². The van der Waals surface area contributed by atoms with Crippen LogP contribution in [0.3, 0.4) is 0 Å². The van der Waals surface area contributed by atoms with Crippen LogP contribution in [0.25, 0.3) is 0 Å². The fraction of sp³-hybridized carbons (Fsp3) is 0.857. The molecule has 2 atom stereocenters. The Bertz CT molecular complexity index is 72.1. The Morgan fingerprint density at radius 2 is 2.14 bits per heavy atom. The first-order chi connectivity index (χ1) is 3.19. The van der Waals surface area contributed by atoms with E-state index < -0.39 is 0 Å². The third-order valence-electron chi connectivity index (χ3n) is 2.37. The van der Waals surface area contributed by atoms with Crippen molar-refractivity contribution in [3.05, 3.63) is 6.42 Å². The van der Waals surface area contributed by atoms with Crippen LogP contribution in [0.15, 0.2) is 0 Å². The molecule has 0 nitrogen and oxygen atoms in total. The summed E-state index contributed by atoms with van der Waals surface area (Å²) in [6, 6.07) is 0. The lowest BCUT2D eigenvalue weighted by atomic mass is 10.0. The van der Waals surface area contributed by atoms with Crippen LogP contribution < -0.4 is 0 Å². The molecule has 1 aliphatic carbocycles. The van der Waals surface area contributed by atoms with Gasteiger partial charge >= 0.3 is 0 Å². The van der Waals surface area contributed by atoms with Gasteiger partial charge < -0.3 is 0 Å². The minimum atomic E-state index is 0.625. The summed E-state index contributed by atoms with van der Waals surface area (Å²) in [7, 11) is 0. The van der Waals surface area contributed by atoms with Crippen LogP contribution in [0.4, 0.5) is 0 Å². The average Bonchev–Trinajstić information content (AvgIpc) is 2.18. The minimum Gasteiger partial charge on any atom is -0.0577 e. The van der Waals surface area contributed by atoms with E-state index in [1.54, 1.807) is 0 Å². The maximum atomic E-state index is 2.32. The highest BCUT2D eigenvalue weighted by Gasteiger charge is 2.52. The van der Waals surface area contributed by atoms with Gasteiger partial charge in [0, 0.05) is 12.3 Å². The van der Waals surface area contributed by atoms with Crippen molar-refractivity contribution < 1.29 is 0 Å². The number of hydrogen-bond donors (Lipinski definition) is 0. The molecule has 0 saturated heterocycles. The second kappa shape index (κ2) is 1.18. The van der Waals surface area contributed by atoms with Gasteiger partial charge in [-0.15, -0.1) is 0 Å². The van der Waals surface area contributed by atoms with Crippen molar-refractivity contribution >= 4 is 0 Å². The average molecular weight is 97.2 g/mol. The van der Waals surface area contributed by atoms with E-state index in [-0.39, 0.29) is 0 Å². The Hall–Kier alpha value is -0.130. The molecule has 1 fully saturated rings. The zero-order valence-electron chi connectivity index (χ0n) is 5.36. The van der Waals surface area contributed by atoms with Gasteiger partial charge in [0.1, 0.15) is 5.41 Å². The van der Waals surface area contributed by atoms with Gasteiger partial charge in [0.05, 0.1) is 13.3 Å². The standard InChI is InChI=1S/C7H13/c1-4-7(3)5-6(7)2/h4,6H,5H2,1-3H3/q+1. The van der Waals surface area contributed by atoms with Crippen LogP contribution in [0.5, 0.6) is 0 Å². The van der Waals surface area contributed by atoms with Crippen LogP contribution >= 0.6 is 0 Å². The Morgan fingerprint density at radius 3 is 2.14 bits per heavy atom. The number of rotatable bonds is 1. The van der Waals surface area contributed by atoms with Gasteiger partial charge in [-0.2, -0.15) is 0 Å². The summed E-state index contributed by atoms with van der Waals surface area (Å²) in [6.07, 6.45) is 3.72. The molecule has 0 bridgehead atoms. The highest BCUT2D eigenvalue weighted by Crippen LogP contribution is 2.53. The van der Waals surface area contributed by atoms with Gasteiger partial charge in [0.15, 0.2) is 0 Å². The fourth-order valence-electron chi connectivity index (χ4n) is 1.00. The van der Waals surface area contributed by atoms with Crippen molar-refractivity contribution in [3.63, 3.8) is 0 Å². The Balaban J connectivity index is 2.36. The summed E-state index contributed by atoms with van der Waals surface area (Å²) in [5.74, 6) is 0.956. The first kappa shape index (κ1) is 5.02. The highest BCUT2D eigenvalue weighted by molar-refractivity contribution is 5.03.